The predicted octanol–water partition coefficient (Wildman–Crippen LogP) is 9.37. The van der Waals surface area contributed by atoms with Gasteiger partial charge >= 0.3 is 0 Å². The minimum atomic E-state index is -0.383. The molecule has 0 aromatic heterocycles. The summed E-state index contributed by atoms with van der Waals surface area (Å²) in [7, 11) is 0. The molecule has 1 N–H and O–H groups in total. The van der Waals surface area contributed by atoms with E-state index in [0.717, 1.165) is 16.7 Å². The number of halogens is 1. The Morgan fingerprint density at radius 1 is 0.722 bits per heavy atom. The van der Waals surface area contributed by atoms with Crippen LogP contribution < -0.4 is 10.1 Å². The van der Waals surface area contributed by atoms with Gasteiger partial charge in [-0.15, -0.1) is 0 Å². The standard InChI is InChI=1S/C47H55FN2O4/c1-35-46(54-34-47(2,3)4)53-33-43(49-35)45(52-32-39-23-15-8-16-24-39)44(50(29-36-17-9-5-10-18-36)30-37-19-11-6-12-20-37)27-40-25-41(48)28-42(26-40)51-31-38-21-13-7-14-22-38/h5-26,28,35,43-46,49H,27,29-34H2,1-4H3/t35-,43+,44?,45+,46-/m0/s1. The normalized spacial score (nSPS) is 18.7. The van der Waals surface area contributed by atoms with Gasteiger partial charge in [0.1, 0.15) is 18.2 Å². The van der Waals surface area contributed by atoms with Crippen molar-refractivity contribution in [2.75, 3.05) is 13.2 Å². The third-order valence-corrected chi connectivity index (χ3v) is 9.62. The Labute approximate surface area is 321 Å². The minimum absolute atomic E-state index is 0.0103. The zero-order valence-electron chi connectivity index (χ0n) is 32.1. The van der Waals surface area contributed by atoms with Gasteiger partial charge in [0.25, 0.3) is 0 Å². The number of nitrogens with zero attached hydrogens (tertiary/aromatic N) is 1. The van der Waals surface area contributed by atoms with Crippen LogP contribution in [0, 0.1) is 11.2 Å². The third-order valence-electron chi connectivity index (χ3n) is 9.62. The van der Waals surface area contributed by atoms with Crippen LogP contribution in [-0.2, 0) is 46.9 Å². The molecular formula is C47H55FN2O4. The largest absolute Gasteiger partial charge is 0.489 e. The Hall–Kier alpha value is -4.37. The van der Waals surface area contributed by atoms with E-state index >= 15 is 4.39 Å². The average molecular weight is 731 g/mol. The molecule has 0 bridgehead atoms. The second-order valence-electron chi connectivity index (χ2n) is 15.6. The van der Waals surface area contributed by atoms with E-state index in [4.69, 9.17) is 18.9 Å². The SMILES string of the molecule is C[C@@H]1N[C@@H]([C@@H](OCc2ccccc2)C(Cc2cc(F)cc(OCc3ccccc3)c2)N(Cc2ccccc2)Cc2ccccc2)CO[C@H]1OCC(C)(C)C. The fourth-order valence-electron chi connectivity index (χ4n) is 6.97. The van der Waals surface area contributed by atoms with E-state index in [1.807, 2.05) is 66.7 Å². The highest BCUT2D eigenvalue weighted by molar-refractivity contribution is 5.31. The topological polar surface area (TPSA) is 52.2 Å². The minimum Gasteiger partial charge on any atom is -0.489 e. The molecule has 284 valence electrons. The van der Waals surface area contributed by atoms with Crippen molar-refractivity contribution in [3.05, 3.63) is 173 Å². The first-order chi connectivity index (χ1) is 26.2. The summed E-state index contributed by atoms with van der Waals surface area (Å²) in [4.78, 5) is 2.48. The van der Waals surface area contributed by atoms with E-state index in [1.54, 1.807) is 6.07 Å². The lowest BCUT2D eigenvalue weighted by atomic mass is 9.92. The van der Waals surface area contributed by atoms with Crippen molar-refractivity contribution in [3.8, 4) is 5.75 Å². The average Bonchev–Trinajstić information content (AvgIpc) is 3.17. The first-order valence-electron chi connectivity index (χ1n) is 19.1. The van der Waals surface area contributed by atoms with Crippen molar-refractivity contribution in [2.45, 2.75) is 90.9 Å². The Balaban J connectivity index is 1.37. The summed E-state index contributed by atoms with van der Waals surface area (Å²) in [6, 6.07) is 45.8. The number of benzene rings is 5. The smallest absolute Gasteiger partial charge is 0.172 e. The van der Waals surface area contributed by atoms with Crippen molar-refractivity contribution in [3.63, 3.8) is 0 Å². The van der Waals surface area contributed by atoms with Crippen LogP contribution in [0.2, 0.25) is 0 Å². The van der Waals surface area contributed by atoms with Gasteiger partial charge in [0, 0.05) is 25.2 Å². The van der Waals surface area contributed by atoms with E-state index in [1.165, 1.54) is 17.2 Å². The molecule has 54 heavy (non-hydrogen) atoms. The number of ether oxygens (including phenoxy) is 4. The van der Waals surface area contributed by atoms with E-state index in [-0.39, 0.29) is 41.8 Å². The zero-order valence-corrected chi connectivity index (χ0v) is 32.1. The Morgan fingerprint density at radius 3 is 1.80 bits per heavy atom. The summed E-state index contributed by atoms with van der Waals surface area (Å²) in [5.74, 6) is 0.166. The molecule has 1 fully saturated rings. The van der Waals surface area contributed by atoms with Crippen molar-refractivity contribution >= 4 is 0 Å². The molecule has 0 saturated carbocycles. The van der Waals surface area contributed by atoms with Crippen molar-refractivity contribution < 1.29 is 23.3 Å². The fraction of sp³-hybridized carbons (Fsp3) is 0.362. The molecule has 5 aromatic rings. The molecule has 1 aliphatic heterocycles. The summed E-state index contributed by atoms with van der Waals surface area (Å²) < 4.78 is 41.5. The molecule has 0 spiro atoms. The Morgan fingerprint density at radius 2 is 1.26 bits per heavy atom. The third kappa shape index (κ3) is 12.1. The summed E-state index contributed by atoms with van der Waals surface area (Å²) in [6.07, 6.45) is -0.235. The highest BCUT2D eigenvalue weighted by Crippen LogP contribution is 2.28. The number of hydrogen-bond donors (Lipinski definition) is 1. The molecule has 1 saturated heterocycles. The predicted molar refractivity (Wildman–Crippen MR) is 213 cm³/mol. The van der Waals surface area contributed by atoms with Gasteiger partial charge in [-0.25, -0.2) is 4.39 Å². The monoisotopic (exact) mass is 730 g/mol. The van der Waals surface area contributed by atoms with Crippen molar-refractivity contribution in [1.82, 2.24) is 10.2 Å². The van der Waals surface area contributed by atoms with Gasteiger partial charge < -0.3 is 24.3 Å². The van der Waals surface area contributed by atoms with Gasteiger partial charge in [-0.3, -0.25) is 4.90 Å². The van der Waals surface area contributed by atoms with Gasteiger partial charge in [0.15, 0.2) is 6.29 Å². The van der Waals surface area contributed by atoms with Gasteiger partial charge in [0.05, 0.1) is 38.0 Å². The molecule has 7 heteroatoms. The quantitative estimate of drug-likeness (QED) is 0.103. The Bertz CT molecular complexity index is 1780. The van der Waals surface area contributed by atoms with Crippen LogP contribution in [0.1, 0.15) is 55.5 Å². The zero-order chi connectivity index (χ0) is 37.8. The second kappa shape index (κ2) is 19.3. The number of hydrogen-bond acceptors (Lipinski definition) is 6. The molecule has 6 nitrogen and oxygen atoms in total. The summed E-state index contributed by atoms with van der Waals surface area (Å²) in [6.45, 7) is 11.7. The van der Waals surface area contributed by atoms with E-state index in [0.29, 0.717) is 51.7 Å². The van der Waals surface area contributed by atoms with E-state index in [9.17, 15) is 0 Å². The van der Waals surface area contributed by atoms with E-state index < -0.39 is 0 Å². The van der Waals surface area contributed by atoms with Gasteiger partial charge in [0.2, 0.25) is 0 Å². The lowest BCUT2D eigenvalue weighted by Gasteiger charge is -2.45. The van der Waals surface area contributed by atoms with Crippen LogP contribution in [0.3, 0.4) is 0 Å². The Kier molecular flexibility index (Phi) is 14.0. The molecule has 0 amide bonds. The maximum atomic E-state index is 15.5. The number of nitrogens with one attached hydrogen (secondary N) is 1. The van der Waals surface area contributed by atoms with Gasteiger partial charge in [-0.05, 0) is 58.7 Å². The van der Waals surface area contributed by atoms with Crippen LogP contribution in [0.25, 0.3) is 0 Å². The highest BCUT2D eigenvalue weighted by Gasteiger charge is 2.40. The van der Waals surface area contributed by atoms with E-state index in [2.05, 4.69) is 98.6 Å². The summed E-state index contributed by atoms with van der Waals surface area (Å²) >= 11 is 0. The van der Waals surface area contributed by atoms with Crippen LogP contribution >= 0.6 is 0 Å². The summed E-state index contributed by atoms with van der Waals surface area (Å²) in [5, 5.41) is 3.85. The molecule has 1 unspecified atom stereocenters. The molecular weight excluding hydrogens is 676 g/mol. The lowest BCUT2D eigenvalue weighted by Crippen LogP contribution is -2.63. The first-order valence-corrected chi connectivity index (χ1v) is 19.1. The fourth-order valence-corrected chi connectivity index (χ4v) is 6.97. The summed E-state index contributed by atoms with van der Waals surface area (Å²) in [5.41, 5.74) is 5.31. The van der Waals surface area contributed by atoms with Gasteiger partial charge in [-0.1, -0.05) is 142 Å². The number of rotatable bonds is 17. The molecule has 1 heterocycles. The van der Waals surface area contributed by atoms with Crippen LogP contribution in [0.15, 0.2) is 140 Å². The maximum absolute atomic E-state index is 15.5. The van der Waals surface area contributed by atoms with Gasteiger partial charge in [-0.2, -0.15) is 0 Å². The molecule has 6 rings (SSSR count). The highest BCUT2D eigenvalue weighted by atomic mass is 19.1. The van der Waals surface area contributed by atoms with Crippen LogP contribution in [0.4, 0.5) is 4.39 Å². The van der Waals surface area contributed by atoms with Crippen LogP contribution in [-0.4, -0.2) is 48.6 Å². The second-order valence-corrected chi connectivity index (χ2v) is 15.6. The molecule has 5 atom stereocenters. The lowest BCUT2D eigenvalue weighted by molar-refractivity contribution is -0.206. The molecule has 0 aliphatic carbocycles. The molecule has 0 radical (unpaired) electrons. The maximum Gasteiger partial charge on any atom is 0.172 e. The van der Waals surface area contributed by atoms with Crippen molar-refractivity contribution in [2.24, 2.45) is 5.41 Å². The van der Waals surface area contributed by atoms with Crippen LogP contribution in [0.5, 0.6) is 5.75 Å². The number of morpholine rings is 1. The molecule has 1 aliphatic rings. The molecule has 5 aromatic carbocycles. The van der Waals surface area contributed by atoms with Crippen molar-refractivity contribution in [1.29, 1.82) is 0 Å². The first kappa shape index (κ1) is 39.3.